The van der Waals surface area contributed by atoms with E-state index in [-0.39, 0.29) is 0 Å². The van der Waals surface area contributed by atoms with E-state index >= 15 is 0 Å². The minimum absolute atomic E-state index is 0.338. The lowest BCUT2D eigenvalue weighted by molar-refractivity contribution is -0.0197. The summed E-state index contributed by atoms with van der Waals surface area (Å²) in [5, 5.41) is 14.1. The van der Waals surface area contributed by atoms with Crippen molar-refractivity contribution in [3.8, 4) is 0 Å². The summed E-state index contributed by atoms with van der Waals surface area (Å²) in [5.74, 6) is 0.784. The van der Waals surface area contributed by atoms with Crippen LogP contribution >= 0.6 is 0 Å². The SMILES string of the molecule is COC1CCCCC1NCC1(O)CCC(C)CC1. The number of hydrogen-bond donors (Lipinski definition) is 2. The largest absolute Gasteiger partial charge is 0.389 e. The van der Waals surface area contributed by atoms with Crippen LogP contribution in [0.3, 0.4) is 0 Å². The maximum atomic E-state index is 10.6. The summed E-state index contributed by atoms with van der Waals surface area (Å²) < 4.78 is 5.55. The number of rotatable bonds is 4. The minimum atomic E-state index is -0.470. The van der Waals surface area contributed by atoms with Crippen LogP contribution in [0, 0.1) is 5.92 Å². The van der Waals surface area contributed by atoms with E-state index in [2.05, 4.69) is 12.2 Å². The highest BCUT2D eigenvalue weighted by molar-refractivity contribution is 4.90. The molecule has 2 rings (SSSR count). The molecule has 0 saturated heterocycles. The van der Waals surface area contributed by atoms with Crippen LogP contribution in [-0.2, 0) is 4.74 Å². The zero-order chi connectivity index (χ0) is 13.0. The van der Waals surface area contributed by atoms with Crippen molar-refractivity contribution in [3.63, 3.8) is 0 Å². The van der Waals surface area contributed by atoms with Gasteiger partial charge >= 0.3 is 0 Å². The highest BCUT2D eigenvalue weighted by Gasteiger charge is 2.33. The van der Waals surface area contributed by atoms with Gasteiger partial charge in [0.25, 0.3) is 0 Å². The first-order chi connectivity index (χ1) is 8.63. The molecule has 0 spiro atoms. The zero-order valence-corrected chi connectivity index (χ0v) is 12.0. The Bertz CT molecular complexity index is 249. The van der Waals surface area contributed by atoms with Gasteiger partial charge in [0.15, 0.2) is 0 Å². The summed E-state index contributed by atoms with van der Waals surface area (Å²) in [6, 6.07) is 0.437. The van der Waals surface area contributed by atoms with Crippen LogP contribution in [-0.4, -0.2) is 36.5 Å². The average molecular weight is 255 g/mol. The third kappa shape index (κ3) is 3.69. The quantitative estimate of drug-likeness (QED) is 0.811. The predicted molar refractivity (Wildman–Crippen MR) is 73.6 cm³/mol. The van der Waals surface area contributed by atoms with Crippen LogP contribution in [0.5, 0.6) is 0 Å². The summed E-state index contributed by atoms with van der Waals surface area (Å²) >= 11 is 0. The van der Waals surface area contributed by atoms with Gasteiger partial charge in [-0.3, -0.25) is 0 Å². The molecule has 2 saturated carbocycles. The monoisotopic (exact) mass is 255 g/mol. The van der Waals surface area contributed by atoms with Crippen molar-refractivity contribution in [1.82, 2.24) is 5.32 Å². The Morgan fingerprint density at radius 3 is 2.50 bits per heavy atom. The normalized spacial score (nSPS) is 41.8. The van der Waals surface area contributed by atoms with Gasteiger partial charge in [-0.15, -0.1) is 0 Å². The second-order valence-electron chi connectivity index (χ2n) is 6.45. The Balaban J connectivity index is 1.79. The number of nitrogens with one attached hydrogen (secondary N) is 1. The molecule has 0 aromatic rings. The van der Waals surface area contributed by atoms with E-state index in [0.29, 0.717) is 12.1 Å². The standard InChI is InChI=1S/C15H29NO2/c1-12-7-9-15(17,10-8-12)11-16-13-5-3-4-6-14(13)18-2/h12-14,16-17H,3-11H2,1-2H3. The third-order valence-corrected chi connectivity index (χ3v) is 4.90. The molecule has 0 bridgehead atoms. The first kappa shape index (κ1) is 14.3. The van der Waals surface area contributed by atoms with Crippen molar-refractivity contribution in [2.24, 2.45) is 5.92 Å². The van der Waals surface area contributed by atoms with Crippen molar-refractivity contribution in [2.75, 3.05) is 13.7 Å². The second-order valence-corrected chi connectivity index (χ2v) is 6.45. The van der Waals surface area contributed by atoms with E-state index in [1.165, 1.54) is 19.3 Å². The molecule has 18 heavy (non-hydrogen) atoms. The maximum absolute atomic E-state index is 10.6. The van der Waals surface area contributed by atoms with E-state index in [0.717, 1.165) is 44.6 Å². The summed E-state index contributed by atoms with van der Waals surface area (Å²) in [6.07, 6.45) is 9.47. The molecule has 2 unspecified atom stereocenters. The van der Waals surface area contributed by atoms with Crippen molar-refractivity contribution in [1.29, 1.82) is 0 Å². The molecular weight excluding hydrogens is 226 g/mol. The summed E-state index contributed by atoms with van der Waals surface area (Å²) in [7, 11) is 1.81. The van der Waals surface area contributed by atoms with Gasteiger partial charge in [-0.1, -0.05) is 19.8 Å². The van der Waals surface area contributed by atoms with E-state index in [9.17, 15) is 5.11 Å². The molecule has 2 fully saturated rings. The van der Waals surface area contributed by atoms with Gasteiger partial charge in [-0.05, 0) is 44.4 Å². The first-order valence-electron chi connectivity index (χ1n) is 7.61. The van der Waals surface area contributed by atoms with Crippen LogP contribution in [0.15, 0.2) is 0 Å². The summed E-state index contributed by atoms with van der Waals surface area (Å²) in [5.41, 5.74) is -0.470. The fraction of sp³-hybridized carbons (Fsp3) is 1.00. The molecule has 3 nitrogen and oxygen atoms in total. The first-order valence-corrected chi connectivity index (χ1v) is 7.61. The molecule has 0 heterocycles. The maximum Gasteiger partial charge on any atom is 0.0771 e. The summed E-state index contributed by atoms with van der Waals surface area (Å²) in [6.45, 7) is 3.03. The number of methoxy groups -OCH3 is 1. The number of hydrogen-bond acceptors (Lipinski definition) is 3. The van der Waals surface area contributed by atoms with Crippen LogP contribution in [0.4, 0.5) is 0 Å². The van der Waals surface area contributed by atoms with Crippen LogP contribution in [0.1, 0.15) is 58.3 Å². The van der Waals surface area contributed by atoms with Gasteiger partial charge in [0.2, 0.25) is 0 Å². The van der Waals surface area contributed by atoms with Gasteiger partial charge < -0.3 is 15.2 Å². The molecule has 106 valence electrons. The van der Waals surface area contributed by atoms with Crippen molar-refractivity contribution in [2.45, 2.75) is 76.0 Å². The second kappa shape index (κ2) is 6.36. The molecule has 2 aliphatic carbocycles. The minimum Gasteiger partial charge on any atom is -0.389 e. The molecule has 0 aromatic carbocycles. The molecule has 0 amide bonds. The van der Waals surface area contributed by atoms with Crippen molar-refractivity contribution >= 4 is 0 Å². The van der Waals surface area contributed by atoms with Gasteiger partial charge in [-0.2, -0.15) is 0 Å². The fourth-order valence-corrected chi connectivity index (χ4v) is 3.41. The topological polar surface area (TPSA) is 41.5 Å². The summed E-state index contributed by atoms with van der Waals surface area (Å²) in [4.78, 5) is 0. The lowest BCUT2D eigenvalue weighted by Gasteiger charge is -2.38. The molecule has 3 heteroatoms. The van der Waals surface area contributed by atoms with Gasteiger partial charge in [-0.25, -0.2) is 0 Å². The Morgan fingerprint density at radius 2 is 1.83 bits per heavy atom. The number of aliphatic hydroxyl groups is 1. The highest BCUT2D eigenvalue weighted by atomic mass is 16.5. The van der Waals surface area contributed by atoms with Crippen molar-refractivity contribution in [3.05, 3.63) is 0 Å². The lowest BCUT2D eigenvalue weighted by Crippen LogP contribution is -2.51. The van der Waals surface area contributed by atoms with Crippen LogP contribution < -0.4 is 5.32 Å². The molecule has 2 atom stereocenters. The zero-order valence-electron chi connectivity index (χ0n) is 12.0. The molecule has 0 aliphatic heterocycles. The molecule has 0 radical (unpaired) electrons. The van der Waals surface area contributed by atoms with Gasteiger partial charge in [0.1, 0.15) is 0 Å². The predicted octanol–water partition coefficient (Wildman–Crippen LogP) is 2.47. The molecule has 2 aliphatic rings. The highest BCUT2D eigenvalue weighted by Crippen LogP contribution is 2.31. The Hall–Kier alpha value is -0.120. The van der Waals surface area contributed by atoms with Gasteiger partial charge in [0, 0.05) is 19.7 Å². The van der Waals surface area contributed by atoms with E-state index in [4.69, 9.17) is 4.74 Å². The van der Waals surface area contributed by atoms with E-state index in [1.54, 1.807) is 0 Å². The smallest absolute Gasteiger partial charge is 0.0771 e. The molecular formula is C15H29NO2. The van der Waals surface area contributed by atoms with E-state index in [1.807, 2.05) is 7.11 Å². The Morgan fingerprint density at radius 1 is 1.17 bits per heavy atom. The average Bonchev–Trinajstić information content (AvgIpc) is 2.41. The van der Waals surface area contributed by atoms with Gasteiger partial charge in [0.05, 0.1) is 11.7 Å². The third-order valence-electron chi connectivity index (χ3n) is 4.90. The van der Waals surface area contributed by atoms with Crippen LogP contribution in [0.2, 0.25) is 0 Å². The number of ether oxygens (including phenoxy) is 1. The molecule has 0 aromatic heterocycles. The Labute approximate surface area is 111 Å². The molecule has 2 N–H and O–H groups in total. The van der Waals surface area contributed by atoms with Crippen molar-refractivity contribution < 1.29 is 9.84 Å². The fourth-order valence-electron chi connectivity index (χ4n) is 3.41. The van der Waals surface area contributed by atoms with Crippen LogP contribution in [0.25, 0.3) is 0 Å². The van der Waals surface area contributed by atoms with E-state index < -0.39 is 5.60 Å². The Kier molecular flexibility index (Phi) is 5.05. The lowest BCUT2D eigenvalue weighted by atomic mass is 9.79.